The van der Waals surface area contributed by atoms with Crippen molar-refractivity contribution in [3.05, 3.63) is 71.2 Å². The molecule has 31 heavy (non-hydrogen) atoms. The minimum Gasteiger partial charge on any atom is -0.436 e. The Morgan fingerprint density at radius 1 is 1.19 bits per heavy atom. The van der Waals surface area contributed by atoms with E-state index in [0.717, 1.165) is 6.08 Å². The molecule has 2 rings (SSSR count). The molecule has 2 amide bonds. The molecule has 0 unspecified atom stereocenters. The average molecular weight is 474 g/mol. The van der Waals surface area contributed by atoms with Gasteiger partial charge in [-0.05, 0) is 24.3 Å². The average Bonchev–Trinajstić information content (AvgIpc) is 2.69. The maximum atomic E-state index is 12.6. The number of anilines is 2. The number of halogens is 5. The van der Waals surface area contributed by atoms with Gasteiger partial charge in [-0.15, -0.1) is 0 Å². The van der Waals surface area contributed by atoms with Crippen LogP contribution in [0, 0.1) is 0 Å². The van der Waals surface area contributed by atoms with Gasteiger partial charge in [0.2, 0.25) is 5.88 Å². The summed E-state index contributed by atoms with van der Waals surface area (Å²) in [5, 5.41) is 7.54. The molecule has 0 fully saturated rings. The number of amides is 2. The Balaban J connectivity index is 2.14. The van der Waals surface area contributed by atoms with Gasteiger partial charge in [-0.25, -0.2) is 14.8 Å². The molecule has 7 nitrogen and oxygen atoms in total. The highest BCUT2D eigenvalue weighted by atomic mass is 35.5. The molecule has 1 heterocycles. The molecular weight excluding hydrogens is 458 g/mol. The third-order valence-corrected chi connectivity index (χ3v) is 4.09. The van der Waals surface area contributed by atoms with Gasteiger partial charge in [-0.2, -0.15) is 13.2 Å². The molecule has 0 bridgehead atoms. The number of rotatable bonds is 7. The topological polar surface area (TPSA) is 88.2 Å². The Morgan fingerprint density at radius 2 is 1.84 bits per heavy atom. The van der Waals surface area contributed by atoms with E-state index in [1.54, 1.807) is 7.05 Å². The molecule has 0 saturated heterocycles. The van der Waals surface area contributed by atoms with Crippen LogP contribution in [-0.4, -0.2) is 29.2 Å². The number of benzene rings is 1. The van der Waals surface area contributed by atoms with Crippen molar-refractivity contribution < 1.29 is 22.7 Å². The van der Waals surface area contributed by atoms with Crippen LogP contribution in [0.1, 0.15) is 0 Å². The molecule has 0 atom stereocenters. The molecule has 1 aromatic carbocycles. The molecule has 0 saturated carbocycles. The third kappa shape index (κ3) is 6.90. The smallest absolute Gasteiger partial charge is 0.415 e. The number of aromatic nitrogens is 2. The minimum atomic E-state index is -4.64. The van der Waals surface area contributed by atoms with Crippen molar-refractivity contribution in [1.29, 1.82) is 0 Å². The van der Waals surface area contributed by atoms with Gasteiger partial charge in [0.15, 0.2) is 5.75 Å². The first-order chi connectivity index (χ1) is 14.5. The second kappa shape index (κ2) is 10.2. The summed E-state index contributed by atoms with van der Waals surface area (Å²) >= 11 is 12.4. The van der Waals surface area contributed by atoms with E-state index in [1.165, 1.54) is 24.5 Å². The van der Waals surface area contributed by atoms with Gasteiger partial charge in [0.25, 0.3) is 0 Å². The summed E-state index contributed by atoms with van der Waals surface area (Å²) in [6.45, 7) is 6.26. The standard InChI is InChI=1S/C19H16Cl2F3N5O2/c1-4-11(5-10(2)19(22,23)24)28-18(30)29-12-6-13(20)17(14(21)7-12)31-16-8-15(25-3)26-9-27-16/h4-9H,1-2H2,3H3,(H,25,26,27)(H2,28,29,30)/b11-5+. The van der Waals surface area contributed by atoms with Crippen LogP contribution < -0.4 is 20.7 Å². The van der Waals surface area contributed by atoms with E-state index < -0.39 is 17.8 Å². The summed E-state index contributed by atoms with van der Waals surface area (Å²) in [5.74, 6) is 0.766. The van der Waals surface area contributed by atoms with Crippen molar-refractivity contribution in [1.82, 2.24) is 15.3 Å². The lowest BCUT2D eigenvalue weighted by Crippen LogP contribution is -2.28. The molecule has 1 aromatic heterocycles. The van der Waals surface area contributed by atoms with Gasteiger partial charge >= 0.3 is 12.2 Å². The molecular formula is C19H16Cl2F3N5O2. The molecule has 164 valence electrons. The van der Waals surface area contributed by atoms with E-state index in [-0.39, 0.29) is 33.1 Å². The van der Waals surface area contributed by atoms with Crippen LogP contribution in [0.25, 0.3) is 0 Å². The summed E-state index contributed by atoms with van der Waals surface area (Å²) in [6.07, 6.45) is -1.68. The van der Waals surface area contributed by atoms with Crippen molar-refractivity contribution >= 4 is 40.7 Å². The maximum absolute atomic E-state index is 12.6. The lowest BCUT2D eigenvalue weighted by Gasteiger charge is -2.13. The SMILES string of the molecule is C=C/C(=C\C(=C)C(F)(F)F)NC(=O)Nc1cc(Cl)c(Oc2cc(NC)ncn2)c(Cl)c1. The van der Waals surface area contributed by atoms with Crippen molar-refractivity contribution in [3.63, 3.8) is 0 Å². The van der Waals surface area contributed by atoms with Crippen LogP contribution in [0.4, 0.5) is 29.5 Å². The maximum Gasteiger partial charge on any atom is 0.415 e. The Kier molecular flexibility index (Phi) is 7.89. The predicted octanol–water partition coefficient (Wildman–Crippen LogP) is 5.93. The van der Waals surface area contributed by atoms with Crippen LogP contribution >= 0.6 is 23.2 Å². The highest BCUT2D eigenvalue weighted by molar-refractivity contribution is 6.37. The fraction of sp³-hybridized carbons (Fsp3) is 0.105. The van der Waals surface area contributed by atoms with Gasteiger partial charge in [-0.1, -0.05) is 36.4 Å². The summed E-state index contributed by atoms with van der Waals surface area (Å²) < 4.78 is 43.4. The second-order valence-electron chi connectivity index (χ2n) is 5.77. The van der Waals surface area contributed by atoms with E-state index in [4.69, 9.17) is 27.9 Å². The van der Waals surface area contributed by atoms with E-state index >= 15 is 0 Å². The summed E-state index contributed by atoms with van der Waals surface area (Å²) in [7, 11) is 1.67. The molecule has 0 aliphatic carbocycles. The quantitative estimate of drug-likeness (QED) is 0.433. The van der Waals surface area contributed by atoms with Crippen molar-refractivity contribution in [3.8, 4) is 11.6 Å². The largest absolute Gasteiger partial charge is 0.436 e. The number of nitrogens with one attached hydrogen (secondary N) is 3. The number of hydrogen-bond donors (Lipinski definition) is 3. The monoisotopic (exact) mass is 473 g/mol. The Bertz CT molecular complexity index is 1020. The van der Waals surface area contributed by atoms with E-state index in [1.807, 2.05) is 0 Å². The van der Waals surface area contributed by atoms with E-state index in [2.05, 4.69) is 39.1 Å². The molecule has 0 radical (unpaired) electrons. The van der Waals surface area contributed by atoms with Gasteiger partial charge in [-0.3, -0.25) is 0 Å². The van der Waals surface area contributed by atoms with Crippen LogP contribution in [0.15, 0.2) is 61.1 Å². The van der Waals surface area contributed by atoms with E-state index in [0.29, 0.717) is 11.9 Å². The fourth-order valence-electron chi connectivity index (χ4n) is 2.08. The second-order valence-corrected chi connectivity index (χ2v) is 6.58. The van der Waals surface area contributed by atoms with Gasteiger partial charge < -0.3 is 20.7 Å². The zero-order valence-electron chi connectivity index (χ0n) is 16.0. The molecule has 2 aromatic rings. The summed E-state index contributed by atoms with van der Waals surface area (Å²) in [5.41, 5.74) is -1.20. The summed E-state index contributed by atoms with van der Waals surface area (Å²) in [6, 6.07) is 3.35. The molecule has 0 aliphatic rings. The Hall–Kier alpha value is -3.24. The first kappa shape index (κ1) is 24.0. The fourth-order valence-corrected chi connectivity index (χ4v) is 2.64. The normalized spacial score (nSPS) is 11.5. The van der Waals surface area contributed by atoms with Crippen LogP contribution in [-0.2, 0) is 0 Å². The number of alkyl halides is 3. The van der Waals surface area contributed by atoms with Crippen molar-refractivity contribution in [2.24, 2.45) is 0 Å². The number of nitrogens with zero attached hydrogens (tertiary/aromatic N) is 2. The number of allylic oxidation sites excluding steroid dienone is 3. The lowest BCUT2D eigenvalue weighted by atomic mass is 10.2. The predicted molar refractivity (Wildman–Crippen MR) is 114 cm³/mol. The van der Waals surface area contributed by atoms with Crippen LogP contribution in [0.5, 0.6) is 11.6 Å². The van der Waals surface area contributed by atoms with Gasteiger partial charge in [0.05, 0.1) is 15.6 Å². The molecule has 3 N–H and O–H groups in total. The van der Waals surface area contributed by atoms with Gasteiger partial charge in [0.1, 0.15) is 12.1 Å². The highest BCUT2D eigenvalue weighted by Gasteiger charge is 2.30. The van der Waals surface area contributed by atoms with Crippen LogP contribution in [0.3, 0.4) is 0 Å². The number of ether oxygens (including phenoxy) is 1. The number of urea groups is 1. The number of carbonyl (C=O) groups excluding carboxylic acids is 1. The first-order valence-electron chi connectivity index (χ1n) is 8.38. The van der Waals surface area contributed by atoms with Gasteiger partial charge in [0, 0.05) is 24.5 Å². The number of hydrogen-bond acceptors (Lipinski definition) is 5. The van der Waals surface area contributed by atoms with Crippen LogP contribution in [0.2, 0.25) is 10.0 Å². The zero-order chi connectivity index (χ0) is 23.2. The Labute approximate surface area is 185 Å². The third-order valence-electron chi connectivity index (χ3n) is 3.53. The molecule has 12 heteroatoms. The van der Waals surface area contributed by atoms with E-state index in [9.17, 15) is 18.0 Å². The zero-order valence-corrected chi connectivity index (χ0v) is 17.5. The Morgan fingerprint density at radius 3 is 2.39 bits per heavy atom. The summed E-state index contributed by atoms with van der Waals surface area (Å²) in [4.78, 5) is 20.0. The lowest BCUT2D eigenvalue weighted by molar-refractivity contribution is -0.0878. The van der Waals surface area contributed by atoms with Crippen molar-refractivity contribution in [2.45, 2.75) is 6.18 Å². The molecule has 0 spiro atoms. The number of carbonyl (C=O) groups is 1. The van der Waals surface area contributed by atoms with Crippen molar-refractivity contribution in [2.75, 3.05) is 17.7 Å². The highest BCUT2D eigenvalue weighted by Crippen LogP contribution is 2.38. The first-order valence-corrected chi connectivity index (χ1v) is 9.14. The minimum absolute atomic E-state index is 0.0531. The molecule has 0 aliphatic heterocycles.